The van der Waals surface area contributed by atoms with Crippen LogP contribution in [0.4, 0.5) is 5.82 Å². The Morgan fingerprint density at radius 3 is 2.73 bits per heavy atom. The molecule has 1 N–H and O–H groups in total. The van der Waals surface area contributed by atoms with Crippen molar-refractivity contribution < 1.29 is 5.11 Å². The van der Waals surface area contributed by atoms with E-state index in [1.807, 2.05) is 13.0 Å². The van der Waals surface area contributed by atoms with Gasteiger partial charge in [0.2, 0.25) is 0 Å². The van der Waals surface area contributed by atoms with Gasteiger partial charge in [-0.05, 0) is 43.6 Å². The molecule has 8 heteroatoms. The number of piperidine rings is 1. The normalized spacial score (nSPS) is 20.5. The highest BCUT2D eigenvalue weighted by Gasteiger charge is 2.42. The molecule has 1 spiro atoms. The lowest BCUT2D eigenvalue weighted by molar-refractivity contribution is 0.161. The van der Waals surface area contributed by atoms with Crippen molar-refractivity contribution in [2.75, 3.05) is 18.0 Å². The summed E-state index contributed by atoms with van der Waals surface area (Å²) in [5.74, 6) is 1.59. The van der Waals surface area contributed by atoms with Crippen molar-refractivity contribution in [3.63, 3.8) is 0 Å². The number of hydrogen-bond acceptors (Lipinski definition) is 7. The van der Waals surface area contributed by atoms with Crippen LogP contribution in [0.2, 0.25) is 5.02 Å². The van der Waals surface area contributed by atoms with Gasteiger partial charge in [0.25, 0.3) is 0 Å². The van der Waals surface area contributed by atoms with Crippen molar-refractivity contribution in [2.24, 2.45) is 11.3 Å². The zero-order valence-electron chi connectivity index (χ0n) is 17.4. The Hall–Kier alpha value is -1.88. The first kappa shape index (κ1) is 21.4. The van der Waals surface area contributed by atoms with Gasteiger partial charge in [-0.1, -0.05) is 43.1 Å². The van der Waals surface area contributed by atoms with Gasteiger partial charge >= 0.3 is 0 Å². The largest absolute Gasteiger partial charge is 0.390 e. The average Bonchev–Trinajstić information content (AvgIpc) is 3.10. The number of aliphatic hydroxyl groups is 1. The van der Waals surface area contributed by atoms with Gasteiger partial charge in [0.15, 0.2) is 11.5 Å². The molecule has 1 atom stereocenters. The molecule has 158 valence electrons. The molecule has 2 aliphatic rings. The van der Waals surface area contributed by atoms with Crippen LogP contribution in [0.1, 0.15) is 56.1 Å². The second-order valence-electron chi connectivity index (χ2n) is 8.37. The lowest BCUT2D eigenvalue weighted by Gasteiger charge is -2.43. The summed E-state index contributed by atoms with van der Waals surface area (Å²) in [6.45, 7) is 6.07. The van der Waals surface area contributed by atoms with Gasteiger partial charge in [-0.2, -0.15) is 5.26 Å². The minimum Gasteiger partial charge on any atom is -0.390 e. The van der Waals surface area contributed by atoms with Gasteiger partial charge in [-0.3, -0.25) is 0 Å². The van der Waals surface area contributed by atoms with E-state index in [0.717, 1.165) is 30.5 Å². The lowest BCUT2D eigenvalue weighted by Crippen LogP contribution is -2.42. The van der Waals surface area contributed by atoms with Crippen LogP contribution in [-0.2, 0) is 6.61 Å². The molecular formula is C22H26ClN5OS. The summed E-state index contributed by atoms with van der Waals surface area (Å²) in [6.07, 6.45) is 7.95. The number of rotatable bonds is 4. The molecule has 6 nitrogen and oxygen atoms in total. The Kier molecular flexibility index (Phi) is 6.19. The summed E-state index contributed by atoms with van der Waals surface area (Å²) in [5, 5.41) is 20.1. The Morgan fingerprint density at radius 1 is 1.33 bits per heavy atom. The van der Waals surface area contributed by atoms with Crippen molar-refractivity contribution in [1.82, 2.24) is 15.0 Å². The van der Waals surface area contributed by atoms with Crippen LogP contribution >= 0.6 is 23.4 Å². The second-order valence-corrected chi connectivity index (χ2v) is 9.78. The SMILES string of the molecule is Cc1nc(N2CCC3(CCC[C@H]3C)CC2)c(CO)nc1Sc1ccnc(C#N)c1Cl. The van der Waals surface area contributed by atoms with E-state index in [2.05, 4.69) is 16.8 Å². The summed E-state index contributed by atoms with van der Waals surface area (Å²) >= 11 is 7.64. The van der Waals surface area contributed by atoms with E-state index in [-0.39, 0.29) is 12.3 Å². The van der Waals surface area contributed by atoms with Crippen LogP contribution in [0, 0.1) is 29.6 Å². The van der Waals surface area contributed by atoms with E-state index in [0.29, 0.717) is 26.1 Å². The topological polar surface area (TPSA) is 85.9 Å². The number of hydrogen-bond donors (Lipinski definition) is 1. The van der Waals surface area contributed by atoms with Gasteiger partial charge in [0, 0.05) is 24.2 Å². The Balaban J connectivity index is 1.57. The van der Waals surface area contributed by atoms with Gasteiger partial charge in [-0.25, -0.2) is 15.0 Å². The molecule has 1 saturated heterocycles. The van der Waals surface area contributed by atoms with Crippen LogP contribution in [0.25, 0.3) is 0 Å². The summed E-state index contributed by atoms with van der Waals surface area (Å²) in [4.78, 5) is 16.5. The van der Waals surface area contributed by atoms with Crippen molar-refractivity contribution >= 4 is 29.2 Å². The van der Waals surface area contributed by atoms with Crippen LogP contribution in [-0.4, -0.2) is 33.1 Å². The third-order valence-corrected chi connectivity index (χ3v) is 8.44. The third kappa shape index (κ3) is 3.89. The molecule has 1 saturated carbocycles. The molecule has 0 bridgehead atoms. The van der Waals surface area contributed by atoms with E-state index in [4.69, 9.17) is 26.8 Å². The molecule has 0 aromatic carbocycles. The van der Waals surface area contributed by atoms with Gasteiger partial charge in [0.05, 0.1) is 17.3 Å². The molecule has 3 heterocycles. The Morgan fingerprint density at radius 2 is 2.10 bits per heavy atom. The number of anilines is 1. The fourth-order valence-electron chi connectivity index (χ4n) is 4.89. The maximum atomic E-state index is 10.00. The molecule has 2 fully saturated rings. The van der Waals surface area contributed by atoms with Gasteiger partial charge in [-0.15, -0.1) is 0 Å². The summed E-state index contributed by atoms with van der Waals surface area (Å²) in [5.41, 5.74) is 2.05. The Labute approximate surface area is 186 Å². The van der Waals surface area contributed by atoms with E-state index in [9.17, 15) is 5.11 Å². The number of aliphatic hydroxyl groups excluding tert-OH is 1. The zero-order valence-corrected chi connectivity index (χ0v) is 18.9. The highest BCUT2D eigenvalue weighted by molar-refractivity contribution is 7.99. The number of nitrogens with zero attached hydrogens (tertiary/aromatic N) is 5. The molecule has 1 aliphatic carbocycles. The van der Waals surface area contributed by atoms with E-state index >= 15 is 0 Å². The summed E-state index contributed by atoms with van der Waals surface area (Å²) < 4.78 is 0. The molecule has 30 heavy (non-hydrogen) atoms. The van der Waals surface area contributed by atoms with E-state index < -0.39 is 0 Å². The van der Waals surface area contributed by atoms with E-state index in [1.54, 1.807) is 12.3 Å². The second kappa shape index (κ2) is 8.70. The first-order valence-corrected chi connectivity index (χ1v) is 11.6. The monoisotopic (exact) mass is 443 g/mol. The smallest absolute Gasteiger partial charge is 0.160 e. The molecule has 4 rings (SSSR count). The fourth-order valence-corrected chi connectivity index (χ4v) is 6.03. The van der Waals surface area contributed by atoms with Crippen LogP contribution in [0.5, 0.6) is 0 Å². The van der Waals surface area contributed by atoms with Crippen molar-refractivity contribution in [1.29, 1.82) is 5.26 Å². The molecule has 1 aliphatic heterocycles. The molecule has 0 amide bonds. The fraction of sp³-hybridized carbons (Fsp3) is 0.545. The van der Waals surface area contributed by atoms with Crippen LogP contribution in [0.3, 0.4) is 0 Å². The van der Waals surface area contributed by atoms with Crippen LogP contribution in [0.15, 0.2) is 22.2 Å². The standard InChI is InChI=1S/C22H26ClN5OS/c1-14-4-3-6-22(14)7-10-28(11-8-22)20-17(13-29)27-21(15(2)26-20)30-18-5-9-25-16(12-24)19(18)23/h5,9,14,29H,3-4,6-8,10-11,13H2,1-2H3/t14-/m1/s1. The predicted molar refractivity (Wildman–Crippen MR) is 118 cm³/mol. The highest BCUT2D eigenvalue weighted by Crippen LogP contribution is 2.50. The number of pyridine rings is 1. The predicted octanol–water partition coefficient (Wildman–Crippen LogP) is 4.76. The number of halogens is 1. The number of aryl methyl sites for hydroxylation is 1. The highest BCUT2D eigenvalue weighted by atomic mass is 35.5. The Bertz CT molecular complexity index is 984. The minimum atomic E-state index is -0.165. The quantitative estimate of drug-likeness (QED) is 0.729. The molecule has 2 aromatic rings. The molecule has 0 radical (unpaired) electrons. The maximum Gasteiger partial charge on any atom is 0.160 e. The first-order chi connectivity index (χ1) is 14.5. The molecule has 0 unspecified atom stereocenters. The maximum absolute atomic E-state index is 10.00. The molecule has 2 aromatic heterocycles. The molecular weight excluding hydrogens is 418 g/mol. The summed E-state index contributed by atoms with van der Waals surface area (Å²) in [7, 11) is 0. The number of aromatic nitrogens is 3. The van der Waals surface area contributed by atoms with E-state index in [1.165, 1.54) is 43.9 Å². The zero-order chi connectivity index (χ0) is 21.3. The lowest BCUT2D eigenvalue weighted by atomic mass is 9.71. The minimum absolute atomic E-state index is 0.165. The third-order valence-electron chi connectivity index (χ3n) is 6.81. The van der Waals surface area contributed by atoms with Crippen LogP contribution < -0.4 is 4.90 Å². The number of nitriles is 1. The van der Waals surface area contributed by atoms with Crippen molar-refractivity contribution in [2.45, 2.75) is 62.5 Å². The van der Waals surface area contributed by atoms with Gasteiger partial charge in [0.1, 0.15) is 16.8 Å². The summed E-state index contributed by atoms with van der Waals surface area (Å²) in [6, 6.07) is 3.75. The van der Waals surface area contributed by atoms with Gasteiger partial charge < -0.3 is 10.0 Å². The van der Waals surface area contributed by atoms with Crippen molar-refractivity contribution in [3.05, 3.63) is 34.4 Å². The first-order valence-electron chi connectivity index (χ1n) is 10.4. The van der Waals surface area contributed by atoms with Crippen molar-refractivity contribution in [3.8, 4) is 6.07 Å². The average molecular weight is 444 g/mol.